The van der Waals surface area contributed by atoms with Crippen LogP contribution in [0.5, 0.6) is 0 Å². The molecule has 0 aromatic heterocycles. The minimum absolute atomic E-state index is 0. The van der Waals surface area contributed by atoms with Gasteiger partial charge in [-0.05, 0) is 25.9 Å². The van der Waals surface area contributed by atoms with Gasteiger partial charge >= 0.3 is 6.18 Å². The van der Waals surface area contributed by atoms with Crippen molar-refractivity contribution in [3.8, 4) is 0 Å². The highest BCUT2D eigenvalue weighted by atomic mass is 35.5. The maximum absolute atomic E-state index is 12.1. The highest BCUT2D eigenvalue weighted by Crippen LogP contribution is 2.21. The van der Waals surface area contributed by atoms with E-state index in [1.165, 1.54) is 0 Å². The van der Waals surface area contributed by atoms with Crippen molar-refractivity contribution in [3.63, 3.8) is 0 Å². The lowest BCUT2D eigenvalue weighted by Gasteiger charge is -2.28. The Morgan fingerprint density at radius 2 is 2.00 bits per heavy atom. The van der Waals surface area contributed by atoms with Crippen LogP contribution >= 0.6 is 12.4 Å². The van der Waals surface area contributed by atoms with E-state index in [0.717, 1.165) is 32.5 Å². The van der Waals surface area contributed by atoms with E-state index in [-0.39, 0.29) is 19.0 Å². The van der Waals surface area contributed by atoms with Gasteiger partial charge in [-0.25, -0.2) is 0 Å². The summed E-state index contributed by atoms with van der Waals surface area (Å²) in [6, 6.07) is 0.298. The van der Waals surface area contributed by atoms with E-state index in [1.807, 2.05) is 11.8 Å². The molecule has 1 aliphatic rings. The van der Waals surface area contributed by atoms with Gasteiger partial charge in [0, 0.05) is 19.1 Å². The van der Waals surface area contributed by atoms with Gasteiger partial charge in [-0.2, -0.15) is 13.2 Å². The van der Waals surface area contributed by atoms with Crippen molar-refractivity contribution < 1.29 is 13.2 Å². The normalized spacial score (nSPS) is 21.2. The summed E-state index contributed by atoms with van der Waals surface area (Å²) in [6.07, 6.45) is -2.84. The number of nitrogens with zero attached hydrogens (tertiary/aromatic N) is 1. The van der Waals surface area contributed by atoms with E-state index in [1.54, 1.807) is 0 Å². The molecule has 1 fully saturated rings. The zero-order valence-corrected chi connectivity index (χ0v) is 10.3. The fraction of sp³-hybridized carbons (Fsp3) is 1.00. The maximum Gasteiger partial charge on any atom is 0.390 e. The topological polar surface area (TPSA) is 15.3 Å². The highest BCUT2D eigenvalue weighted by Gasteiger charge is 2.30. The molecule has 1 unspecified atom stereocenters. The Labute approximate surface area is 101 Å². The lowest BCUT2D eigenvalue weighted by atomic mass is 10.2. The van der Waals surface area contributed by atoms with E-state index in [9.17, 15) is 13.2 Å². The van der Waals surface area contributed by atoms with E-state index < -0.39 is 12.6 Å². The van der Waals surface area contributed by atoms with Gasteiger partial charge < -0.3 is 5.32 Å². The van der Waals surface area contributed by atoms with Crippen LogP contribution in [0.15, 0.2) is 0 Å². The first-order valence-electron chi connectivity index (χ1n) is 5.54. The maximum atomic E-state index is 12.1. The van der Waals surface area contributed by atoms with Crippen LogP contribution in [0.4, 0.5) is 13.2 Å². The molecule has 6 heteroatoms. The van der Waals surface area contributed by atoms with E-state index in [0.29, 0.717) is 6.04 Å². The molecule has 1 atom stereocenters. The van der Waals surface area contributed by atoms with Crippen molar-refractivity contribution in [3.05, 3.63) is 0 Å². The van der Waals surface area contributed by atoms with Crippen molar-refractivity contribution in [2.24, 2.45) is 0 Å². The van der Waals surface area contributed by atoms with E-state index in [4.69, 9.17) is 0 Å². The molecule has 0 aliphatic carbocycles. The Kier molecular flexibility index (Phi) is 7.35. The number of halogens is 4. The first-order valence-corrected chi connectivity index (χ1v) is 5.54. The molecule has 0 amide bonds. The smallest absolute Gasteiger partial charge is 0.315 e. The van der Waals surface area contributed by atoms with Gasteiger partial charge in [-0.1, -0.05) is 6.92 Å². The molecule has 1 saturated heterocycles. The summed E-state index contributed by atoms with van der Waals surface area (Å²) in [5.41, 5.74) is 0. The van der Waals surface area contributed by atoms with Crippen molar-refractivity contribution in [1.29, 1.82) is 0 Å². The lowest BCUT2D eigenvalue weighted by molar-refractivity contribution is -0.138. The number of hydrogen-bond donors (Lipinski definition) is 1. The minimum Gasteiger partial charge on any atom is -0.315 e. The summed E-state index contributed by atoms with van der Waals surface area (Å²) < 4.78 is 36.3. The van der Waals surface area contributed by atoms with Crippen LogP contribution in [0.2, 0.25) is 0 Å². The molecule has 0 bridgehead atoms. The predicted molar refractivity (Wildman–Crippen MR) is 61.1 cm³/mol. The second-order valence-electron chi connectivity index (χ2n) is 4.05. The van der Waals surface area contributed by atoms with Crippen LogP contribution in [-0.4, -0.2) is 43.3 Å². The minimum atomic E-state index is -4.03. The Morgan fingerprint density at radius 1 is 1.31 bits per heavy atom. The molecule has 0 aromatic rings. The fourth-order valence-electron chi connectivity index (χ4n) is 1.99. The second-order valence-corrected chi connectivity index (χ2v) is 4.05. The summed E-state index contributed by atoms with van der Waals surface area (Å²) >= 11 is 0. The Morgan fingerprint density at radius 3 is 2.44 bits per heavy atom. The van der Waals surface area contributed by atoms with Gasteiger partial charge in [0.1, 0.15) is 0 Å². The Balaban J connectivity index is 0.00000225. The molecule has 0 aromatic carbocycles. The zero-order chi connectivity index (χ0) is 11.3. The van der Waals surface area contributed by atoms with Gasteiger partial charge in [-0.15, -0.1) is 12.4 Å². The standard InChI is InChI=1S/C10H19F3N2.ClH/c1-2-6-15(7-4-10(11,12)13)9-3-5-14-8-9;/h9,14H,2-8H2,1H3;1H. The van der Waals surface area contributed by atoms with Gasteiger partial charge in [0.2, 0.25) is 0 Å². The zero-order valence-electron chi connectivity index (χ0n) is 9.52. The quantitative estimate of drug-likeness (QED) is 0.817. The molecule has 0 spiro atoms. The van der Waals surface area contributed by atoms with Gasteiger partial charge in [0.25, 0.3) is 0 Å². The van der Waals surface area contributed by atoms with Crippen molar-refractivity contribution in [1.82, 2.24) is 10.2 Å². The van der Waals surface area contributed by atoms with Crippen molar-refractivity contribution in [2.75, 3.05) is 26.2 Å². The van der Waals surface area contributed by atoms with E-state index >= 15 is 0 Å². The molecule has 1 rings (SSSR count). The first kappa shape index (κ1) is 16.0. The third kappa shape index (κ3) is 5.92. The number of rotatable bonds is 5. The van der Waals surface area contributed by atoms with Gasteiger partial charge in [0.15, 0.2) is 0 Å². The van der Waals surface area contributed by atoms with Crippen LogP contribution in [0, 0.1) is 0 Å². The molecule has 16 heavy (non-hydrogen) atoms. The lowest BCUT2D eigenvalue weighted by Crippen LogP contribution is -2.39. The van der Waals surface area contributed by atoms with E-state index in [2.05, 4.69) is 5.32 Å². The molecule has 98 valence electrons. The summed E-state index contributed by atoms with van der Waals surface area (Å²) in [5, 5.41) is 3.19. The number of hydrogen-bond acceptors (Lipinski definition) is 2. The van der Waals surface area contributed by atoms with Gasteiger partial charge in [0.05, 0.1) is 6.42 Å². The third-order valence-corrected chi connectivity index (χ3v) is 2.74. The van der Waals surface area contributed by atoms with Crippen molar-refractivity contribution in [2.45, 2.75) is 38.4 Å². The molecule has 1 heterocycles. The molecular formula is C10H20ClF3N2. The Bertz CT molecular complexity index is 181. The predicted octanol–water partition coefficient (Wildman–Crippen LogP) is 2.43. The van der Waals surface area contributed by atoms with Crippen LogP contribution in [-0.2, 0) is 0 Å². The average Bonchev–Trinajstić information content (AvgIpc) is 2.63. The van der Waals surface area contributed by atoms with Crippen LogP contribution in [0.25, 0.3) is 0 Å². The average molecular weight is 261 g/mol. The molecule has 1 aliphatic heterocycles. The third-order valence-electron chi connectivity index (χ3n) is 2.74. The first-order chi connectivity index (χ1) is 7.03. The molecular weight excluding hydrogens is 241 g/mol. The van der Waals surface area contributed by atoms with Crippen LogP contribution in [0.3, 0.4) is 0 Å². The fourth-order valence-corrected chi connectivity index (χ4v) is 1.99. The summed E-state index contributed by atoms with van der Waals surface area (Å²) in [6.45, 7) is 4.67. The monoisotopic (exact) mass is 260 g/mol. The summed E-state index contributed by atoms with van der Waals surface area (Å²) in [4.78, 5) is 1.97. The van der Waals surface area contributed by atoms with Crippen LogP contribution in [0.1, 0.15) is 26.2 Å². The largest absolute Gasteiger partial charge is 0.390 e. The second kappa shape index (κ2) is 7.35. The number of nitrogens with one attached hydrogen (secondary N) is 1. The van der Waals surface area contributed by atoms with Crippen LogP contribution < -0.4 is 5.32 Å². The summed E-state index contributed by atoms with van der Waals surface area (Å²) in [7, 11) is 0. The van der Waals surface area contributed by atoms with Gasteiger partial charge in [-0.3, -0.25) is 4.90 Å². The molecule has 0 saturated carbocycles. The Hall–Kier alpha value is 0. The molecule has 0 radical (unpaired) electrons. The highest BCUT2D eigenvalue weighted by molar-refractivity contribution is 5.85. The SMILES string of the molecule is CCCN(CCC(F)(F)F)C1CCNC1.Cl. The van der Waals surface area contributed by atoms with Crippen molar-refractivity contribution >= 4 is 12.4 Å². The summed E-state index contributed by atoms with van der Waals surface area (Å²) in [5.74, 6) is 0. The number of alkyl halides is 3. The molecule has 2 nitrogen and oxygen atoms in total. The molecule has 1 N–H and O–H groups in total.